The molecule has 0 radical (unpaired) electrons. The van der Waals surface area contributed by atoms with E-state index in [1.807, 2.05) is 0 Å². The van der Waals surface area contributed by atoms with Gasteiger partial charge < -0.3 is 4.74 Å². The van der Waals surface area contributed by atoms with Crippen molar-refractivity contribution in [2.75, 3.05) is 6.61 Å². The van der Waals surface area contributed by atoms with E-state index < -0.39 is 13.7 Å². The maximum Gasteiger partial charge on any atom is 0.633 e. The fourth-order valence-electron chi connectivity index (χ4n) is 0.179. The summed E-state index contributed by atoms with van der Waals surface area (Å²) in [5, 5.41) is 0. The van der Waals surface area contributed by atoms with Crippen LogP contribution < -0.4 is 0 Å². The minimum absolute atomic E-state index is 0.139. The van der Waals surface area contributed by atoms with Crippen molar-refractivity contribution >= 4 is 13.7 Å². The summed E-state index contributed by atoms with van der Waals surface area (Å²) in [6, 6.07) is 0. The van der Waals surface area contributed by atoms with Gasteiger partial charge in [0.1, 0.15) is 0 Å². The first-order chi connectivity index (χ1) is 3.68. The third-order valence-corrected chi connectivity index (χ3v) is 0.865. The van der Waals surface area contributed by atoms with Crippen LogP contribution >= 0.6 is 8.03 Å². The molecule has 0 amide bonds. The SMILES string of the molecule is CCOC(=O)[P+](=O)O. The number of ether oxygens (including phenoxy) is 1. The molecule has 0 rings (SSSR count). The molecular formula is C3H6O4P+. The van der Waals surface area contributed by atoms with Crippen molar-refractivity contribution in [1.29, 1.82) is 0 Å². The fraction of sp³-hybridized carbons (Fsp3) is 0.667. The topological polar surface area (TPSA) is 63.6 Å². The van der Waals surface area contributed by atoms with Gasteiger partial charge in [0, 0.05) is 0 Å². The molecule has 0 bridgehead atoms. The Bertz CT molecular complexity index is 110. The van der Waals surface area contributed by atoms with E-state index in [1.54, 1.807) is 6.92 Å². The molecule has 0 aromatic carbocycles. The van der Waals surface area contributed by atoms with Crippen molar-refractivity contribution in [2.24, 2.45) is 0 Å². The average Bonchev–Trinajstić information content (AvgIpc) is 1.67. The van der Waals surface area contributed by atoms with Gasteiger partial charge >= 0.3 is 13.7 Å². The molecule has 1 unspecified atom stereocenters. The molecule has 46 valence electrons. The zero-order valence-corrected chi connectivity index (χ0v) is 5.22. The van der Waals surface area contributed by atoms with E-state index in [4.69, 9.17) is 4.89 Å². The number of hydrogen-bond donors (Lipinski definition) is 1. The Labute approximate surface area is 47.3 Å². The summed E-state index contributed by atoms with van der Waals surface area (Å²) in [5.41, 5.74) is -1.05. The molecule has 0 aromatic heterocycles. The van der Waals surface area contributed by atoms with Crippen LogP contribution in [0.1, 0.15) is 6.92 Å². The Morgan fingerprint density at radius 1 is 1.88 bits per heavy atom. The Morgan fingerprint density at radius 2 is 2.38 bits per heavy atom. The average molecular weight is 137 g/mol. The zero-order valence-electron chi connectivity index (χ0n) is 4.33. The van der Waals surface area contributed by atoms with Gasteiger partial charge in [-0.2, -0.15) is 9.69 Å². The first-order valence-corrected chi connectivity index (χ1v) is 3.22. The van der Waals surface area contributed by atoms with Crippen molar-refractivity contribution in [3.63, 3.8) is 0 Å². The largest absolute Gasteiger partial charge is 0.633 e. The van der Waals surface area contributed by atoms with Crippen molar-refractivity contribution in [1.82, 2.24) is 0 Å². The maximum absolute atomic E-state index is 9.99. The van der Waals surface area contributed by atoms with Crippen molar-refractivity contribution in [3.8, 4) is 0 Å². The lowest BCUT2D eigenvalue weighted by molar-refractivity contribution is 0.176. The lowest BCUT2D eigenvalue weighted by Crippen LogP contribution is -1.94. The number of hydrogen-bond acceptors (Lipinski definition) is 3. The molecule has 1 N–H and O–H groups in total. The molecule has 0 saturated carbocycles. The minimum Gasteiger partial charge on any atom is -0.426 e. The molecule has 0 aromatic rings. The number of carbonyl (C=O) groups is 1. The third kappa shape index (κ3) is 2.66. The van der Waals surface area contributed by atoms with Crippen LogP contribution in [0.5, 0.6) is 0 Å². The molecule has 1 atom stereocenters. The minimum atomic E-state index is -2.78. The van der Waals surface area contributed by atoms with Gasteiger partial charge in [-0.1, -0.05) is 0 Å². The van der Waals surface area contributed by atoms with Crippen molar-refractivity contribution < 1.29 is 19.0 Å². The van der Waals surface area contributed by atoms with E-state index in [1.165, 1.54) is 0 Å². The highest BCUT2D eigenvalue weighted by molar-refractivity contribution is 7.57. The summed E-state index contributed by atoms with van der Waals surface area (Å²) in [5.74, 6) is 0. The van der Waals surface area contributed by atoms with Gasteiger partial charge in [-0.25, -0.2) is 0 Å². The maximum atomic E-state index is 9.99. The van der Waals surface area contributed by atoms with Crippen LogP contribution in [-0.4, -0.2) is 17.2 Å². The van der Waals surface area contributed by atoms with Gasteiger partial charge in [-0.3, -0.25) is 0 Å². The van der Waals surface area contributed by atoms with Gasteiger partial charge in [-0.05, 0) is 11.5 Å². The van der Waals surface area contributed by atoms with Crippen LogP contribution in [-0.2, 0) is 9.30 Å². The molecule has 0 aliphatic heterocycles. The fourth-order valence-corrected chi connectivity index (χ4v) is 0.418. The second-order valence-corrected chi connectivity index (χ2v) is 1.88. The normalized spacial score (nSPS) is 10.5. The quantitative estimate of drug-likeness (QED) is 0.573. The zero-order chi connectivity index (χ0) is 6.57. The van der Waals surface area contributed by atoms with Crippen LogP contribution in [0.15, 0.2) is 0 Å². The summed E-state index contributed by atoms with van der Waals surface area (Å²) >= 11 is 0. The molecule has 5 heteroatoms. The molecular weight excluding hydrogens is 131 g/mol. The lowest BCUT2D eigenvalue weighted by atomic mass is 10.9. The monoisotopic (exact) mass is 137 g/mol. The van der Waals surface area contributed by atoms with Crippen LogP contribution in [0.2, 0.25) is 0 Å². The molecule has 0 fully saturated rings. The van der Waals surface area contributed by atoms with E-state index in [9.17, 15) is 9.36 Å². The highest BCUT2D eigenvalue weighted by atomic mass is 31.1. The Morgan fingerprint density at radius 3 is 2.50 bits per heavy atom. The van der Waals surface area contributed by atoms with Crippen LogP contribution in [0.25, 0.3) is 0 Å². The summed E-state index contributed by atoms with van der Waals surface area (Å²) in [6.07, 6.45) is 0. The summed E-state index contributed by atoms with van der Waals surface area (Å²) in [4.78, 5) is 18.0. The second-order valence-electron chi connectivity index (χ2n) is 0.972. The van der Waals surface area contributed by atoms with Gasteiger partial charge in [0.15, 0.2) is 0 Å². The predicted octanol–water partition coefficient (Wildman–Crippen LogP) is 0.878. The first-order valence-electron chi connectivity index (χ1n) is 2.01. The van der Waals surface area contributed by atoms with E-state index in [2.05, 4.69) is 4.74 Å². The Kier molecular flexibility index (Phi) is 3.31. The van der Waals surface area contributed by atoms with Crippen LogP contribution in [0.3, 0.4) is 0 Å². The van der Waals surface area contributed by atoms with Crippen molar-refractivity contribution in [2.45, 2.75) is 6.92 Å². The summed E-state index contributed by atoms with van der Waals surface area (Å²) in [6.45, 7) is 1.71. The predicted molar refractivity (Wildman–Crippen MR) is 26.8 cm³/mol. The highest BCUT2D eigenvalue weighted by Crippen LogP contribution is 2.15. The van der Waals surface area contributed by atoms with Gasteiger partial charge in [0.2, 0.25) is 0 Å². The molecule has 4 nitrogen and oxygen atoms in total. The second kappa shape index (κ2) is 3.52. The molecule has 0 heterocycles. The standard InChI is InChI=1S/C3H5O4P/c1-2-7-3(4)8(5)6/h2H2,1H3/p+1. The highest BCUT2D eigenvalue weighted by Gasteiger charge is 2.27. The molecule has 8 heavy (non-hydrogen) atoms. The van der Waals surface area contributed by atoms with E-state index in [-0.39, 0.29) is 6.61 Å². The smallest absolute Gasteiger partial charge is 0.426 e. The van der Waals surface area contributed by atoms with Gasteiger partial charge in [-0.15, -0.1) is 0 Å². The van der Waals surface area contributed by atoms with E-state index >= 15 is 0 Å². The number of rotatable bonds is 2. The lowest BCUT2D eigenvalue weighted by Gasteiger charge is -1.83. The van der Waals surface area contributed by atoms with Crippen LogP contribution in [0, 0.1) is 0 Å². The van der Waals surface area contributed by atoms with E-state index in [0.29, 0.717) is 0 Å². The van der Waals surface area contributed by atoms with Gasteiger partial charge in [0.05, 0.1) is 6.61 Å². The Hall–Kier alpha value is -0.470. The van der Waals surface area contributed by atoms with Gasteiger partial charge in [0.25, 0.3) is 0 Å². The third-order valence-electron chi connectivity index (χ3n) is 0.424. The molecule has 0 spiro atoms. The first kappa shape index (κ1) is 7.53. The van der Waals surface area contributed by atoms with Crippen LogP contribution in [0.4, 0.5) is 4.79 Å². The molecule has 0 aliphatic rings. The number of carbonyl (C=O) groups excluding carboxylic acids is 1. The molecule has 0 saturated heterocycles. The Balaban J connectivity index is 3.49. The summed E-state index contributed by atoms with van der Waals surface area (Å²) < 4.78 is 13.9. The van der Waals surface area contributed by atoms with Crippen molar-refractivity contribution in [3.05, 3.63) is 0 Å². The summed E-state index contributed by atoms with van der Waals surface area (Å²) in [7, 11) is -2.78. The molecule has 0 aliphatic carbocycles. The van der Waals surface area contributed by atoms with E-state index in [0.717, 1.165) is 0 Å².